The number of phenols is 1. The number of carboxylic acid groups (broad SMARTS) is 1. The molecule has 2 aliphatic heterocycles. The largest absolute Gasteiger partial charge is 0.506 e. The molecule has 45 heavy (non-hydrogen) atoms. The van der Waals surface area contributed by atoms with Gasteiger partial charge in [0.05, 0.1) is 28.3 Å². The van der Waals surface area contributed by atoms with Gasteiger partial charge in [0.25, 0.3) is 0 Å². The second kappa shape index (κ2) is 12.5. The number of phenolic OH excluding ortho intramolecular Hbond substituents is 1. The molecule has 0 bridgehead atoms. The molecule has 1 saturated heterocycles. The number of nitrogens with zero attached hydrogens (tertiary/aromatic N) is 2. The Bertz CT molecular complexity index is 1960. The van der Waals surface area contributed by atoms with E-state index in [2.05, 4.69) is 16.4 Å². The van der Waals surface area contributed by atoms with Crippen molar-refractivity contribution >= 4 is 45.8 Å². The first-order chi connectivity index (χ1) is 21.7. The molecule has 3 aliphatic rings. The molecule has 0 aromatic heterocycles. The topological polar surface area (TPSA) is 103 Å². The van der Waals surface area contributed by atoms with Crippen molar-refractivity contribution in [3.05, 3.63) is 110 Å². The van der Waals surface area contributed by atoms with Crippen LogP contribution in [0.1, 0.15) is 21.5 Å². The first kappa shape index (κ1) is 30.5. The summed E-state index contributed by atoms with van der Waals surface area (Å²) in [6, 6.07) is 17.6. The van der Waals surface area contributed by atoms with Gasteiger partial charge in [-0.3, -0.25) is 9.69 Å². The summed E-state index contributed by atoms with van der Waals surface area (Å²) in [6.07, 6.45) is 1.76. The number of fused-ring (bicyclic) bond motifs is 2. The molecule has 2 N–H and O–H groups in total. The van der Waals surface area contributed by atoms with Crippen LogP contribution < -0.4 is 15.1 Å². The number of aromatic hydroxyl groups is 1. The number of benzene rings is 4. The van der Waals surface area contributed by atoms with Crippen LogP contribution in [-0.2, 0) is 13.0 Å². The van der Waals surface area contributed by atoms with Crippen molar-refractivity contribution in [1.82, 2.24) is 4.90 Å². The van der Waals surface area contributed by atoms with Crippen LogP contribution in [-0.4, -0.2) is 54.4 Å². The molecule has 1 aliphatic carbocycles. The lowest BCUT2D eigenvalue weighted by Gasteiger charge is -2.36. The van der Waals surface area contributed by atoms with Gasteiger partial charge in [0.2, 0.25) is 5.43 Å². The molecule has 0 radical (unpaired) electrons. The summed E-state index contributed by atoms with van der Waals surface area (Å²) in [5.41, 5.74) is 3.13. The van der Waals surface area contributed by atoms with Gasteiger partial charge in [-0.15, -0.1) is 6.58 Å². The summed E-state index contributed by atoms with van der Waals surface area (Å²) in [7, 11) is 1.64. The fourth-order valence-corrected chi connectivity index (χ4v) is 6.48. The second-order valence-corrected chi connectivity index (χ2v) is 11.7. The highest BCUT2D eigenvalue weighted by Gasteiger charge is 2.29. The number of hydrogen-bond acceptors (Lipinski definition) is 7. The lowest BCUT2D eigenvalue weighted by Crippen LogP contribution is -2.46. The van der Waals surface area contributed by atoms with E-state index >= 15 is 0 Å². The van der Waals surface area contributed by atoms with Crippen LogP contribution in [0.5, 0.6) is 11.5 Å². The number of anilines is 1. The smallest absolute Gasteiger partial charge is 0.336 e. The number of methoxy groups -OCH3 is 1. The summed E-state index contributed by atoms with van der Waals surface area (Å²) >= 11 is 13.1. The Kier molecular flexibility index (Phi) is 8.46. The molecule has 230 valence electrons. The Labute approximate surface area is 269 Å². The molecule has 1 fully saturated rings. The number of ether oxygens (including phenoxy) is 1. The van der Waals surface area contributed by atoms with E-state index in [1.807, 2.05) is 24.3 Å². The molecule has 3 aromatic rings. The Hall–Kier alpha value is -4.50. The quantitative estimate of drug-likeness (QED) is 0.134. The Morgan fingerprint density at radius 1 is 1.00 bits per heavy atom. The Morgan fingerprint density at radius 3 is 2.38 bits per heavy atom. The fraction of sp³-hybridized carbons (Fsp3) is 0.200. The Morgan fingerprint density at radius 2 is 1.71 bits per heavy atom. The molecule has 0 amide bonds. The number of hydrogen-bond donors (Lipinski definition) is 2. The summed E-state index contributed by atoms with van der Waals surface area (Å²) in [6.45, 7) is 7.01. The van der Waals surface area contributed by atoms with Gasteiger partial charge in [-0.1, -0.05) is 47.5 Å². The third-order valence-corrected chi connectivity index (χ3v) is 8.86. The second-order valence-electron chi connectivity index (χ2n) is 10.9. The van der Waals surface area contributed by atoms with Crippen LogP contribution in [0.25, 0.3) is 33.4 Å². The lowest BCUT2D eigenvalue weighted by molar-refractivity contribution is 0.0697. The van der Waals surface area contributed by atoms with Crippen molar-refractivity contribution in [2.24, 2.45) is 0 Å². The maximum absolute atomic E-state index is 13.2. The molecule has 6 rings (SSSR count). The molecular weight excluding hydrogens is 615 g/mol. The minimum atomic E-state index is -1.12. The summed E-state index contributed by atoms with van der Waals surface area (Å²) in [5, 5.41) is 22.0. The number of rotatable bonds is 8. The van der Waals surface area contributed by atoms with Crippen molar-refractivity contribution in [3.63, 3.8) is 0 Å². The normalized spacial score (nSPS) is 13.8. The predicted molar refractivity (Wildman–Crippen MR) is 178 cm³/mol. The number of allylic oxidation sites excluding steroid dienone is 1. The maximum atomic E-state index is 13.2. The highest BCUT2D eigenvalue weighted by molar-refractivity contribution is 6.33. The van der Waals surface area contributed by atoms with Crippen molar-refractivity contribution in [3.8, 4) is 33.9 Å². The average molecular weight is 646 g/mol. The van der Waals surface area contributed by atoms with Crippen molar-refractivity contribution in [2.75, 3.05) is 38.2 Å². The molecule has 2 heterocycles. The molecule has 8 nitrogen and oxygen atoms in total. The lowest BCUT2D eigenvalue weighted by atomic mass is 9.88. The van der Waals surface area contributed by atoms with Gasteiger partial charge in [-0.05, 0) is 54.4 Å². The van der Waals surface area contributed by atoms with E-state index in [9.17, 15) is 19.8 Å². The van der Waals surface area contributed by atoms with E-state index in [0.717, 1.165) is 24.5 Å². The van der Waals surface area contributed by atoms with Gasteiger partial charge < -0.3 is 24.3 Å². The zero-order valence-corrected chi connectivity index (χ0v) is 26.0. The highest BCUT2D eigenvalue weighted by atomic mass is 35.5. The van der Waals surface area contributed by atoms with Crippen LogP contribution in [0.4, 0.5) is 5.69 Å². The monoisotopic (exact) mass is 644 g/mol. The van der Waals surface area contributed by atoms with E-state index in [1.165, 1.54) is 12.1 Å². The van der Waals surface area contributed by atoms with Crippen LogP contribution >= 0.6 is 23.2 Å². The van der Waals surface area contributed by atoms with Gasteiger partial charge in [0, 0.05) is 60.5 Å². The first-order valence-electron chi connectivity index (χ1n) is 14.4. The molecule has 10 heteroatoms. The molecule has 3 aromatic carbocycles. The van der Waals surface area contributed by atoms with Gasteiger partial charge in [-0.25, -0.2) is 4.79 Å². The van der Waals surface area contributed by atoms with Gasteiger partial charge in [0.1, 0.15) is 22.8 Å². The number of piperazine rings is 1. The van der Waals surface area contributed by atoms with E-state index in [-0.39, 0.29) is 39.1 Å². The summed E-state index contributed by atoms with van der Waals surface area (Å²) in [4.78, 5) is 30.1. The van der Waals surface area contributed by atoms with Gasteiger partial charge in [0.15, 0.2) is 0 Å². The van der Waals surface area contributed by atoms with Crippen molar-refractivity contribution in [1.29, 1.82) is 0 Å². The van der Waals surface area contributed by atoms with Crippen LogP contribution in [0.15, 0.2) is 82.5 Å². The van der Waals surface area contributed by atoms with Crippen LogP contribution in [0.2, 0.25) is 10.0 Å². The number of halogens is 2. The van der Waals surface area contributed by atoms with Gasteiger partial charge >= 0.3 is 5.97 Å². The summed E-state index contributed by atoms with van der Waals surface area (Å²) in [5.74, 6) is -0.210. The van der Waals surface area contributed by atoms with E-state index in [1.54, 1.807) is 37.5 Å². The number of carbonyl (C=O) groups is 1. The molecule has 0 atom stereocenters. The first-order valence-corrected chi connectivity index (χ1v) is 15.1. The zero-order chi connectivity index (χ0) is 31.8. The molecule has 0 spiro atoms. The van der Waals surface area contributed by atoms with E-state index in [0.29, 0.717) is 52.9 Å². The molecule has 0 unspecified atom stereocenters. The minimum absolute atomic E-state index is 0.0252. The summed E-state index contributed by atoms with van der Waals surface area (Å²) < 4.78 is 11.8. The highest BCUT2D eigenvalue weighted by Crippen LogP contribution is 2.47. The maximum Gasteiger partial charge on any atom is 0.336 e. The van der Waals surface area contributed by atoms with Crippen molar-refractivity contribution < 1.29 is 24.2 Å². The minimum Gasteiger partial charge on any atom is -0.506 e. The standard InChI is InChI=1S/C35H30Cl2N2O6/c1-3-6-24-31(40)28(36)17-25-30(22-7-4-5-8-23(22)35(42)43)26-18-29(37)32(41)27(34(26)45-33(24)25)19-38-13-15-39(16-14-38)20-9-11-21(44-2)12-10-20/h3-5,7-12,17-18,41H,1,6,13-16,19H2,2H3,(H,42,43). The van der Waals surface area contributed by atoms with E-state index in [4.69, 9.17) is 32.4 Å². The average Bonchev–Trinajstić information content (AvgIpc) is 3.05. The van der Waals surface area contributed by atoms with Crippen molar-refractivity contribution in [2.45, 2.75) is 13.0 Å². The fourth-order valence-electron chi connectivity index (χ4n) is 6.03. The third kappa shape index (κ3) is 5.61. The number of carboxylic acids is 1. The van der Waals surface area contributed by atoms with Gasteiger partial charge in [-0.2, -0.15) is 0 Å². The van der Waals surface area contributed by atoms with E-state index < -0.39 is 11.4 Å². The SMILES string of the molecule is C=CCc1c2oc3c(CN4CCN(c5ccc(OC)cc5)CC4)c(O)c(Cl)cc3c(-c3ccccc3C(=O)O)c-2cc(Cl)c1=O. The third-order valence-electron chi connectivity index (χ3n) is 8.29. The van der Waals surface area contributed by atoms with Crippen LogP contribution in [0, 0.1) is 0 Å². The molecule has 0 saturated carbocycles. The zero-order valence-electron chi connectivity index (χ0n) is 24.5. The predicted octanol–water partition coefficient (Wildman–Crippen LogP) is 7.33. The Balaban J connectivity index is 1.51. The van der Waals surface area contributed by atoms with Crippen LogP contribution in [0.3, 0.4) is 0 Å². The number of aromatic carboxylic acids is 1. The molecular formula is C35H30Cl2N2O6.